The van der Waals surface area contributed by atoms with Crippen LogP contribution in [0.5, 0.6) is 5.75 Å². The van der Waals surface area contributed by atoms with Crippen LogP contribution in [0.15, 0.2) is 48.2 Å². The van der Waals surface area contributed by atoms with Gasteiger partial charge in [-0.25, -0.2) is 9.97 Å². The van der Waals surface area contributed by atoms with E-state index in [1.54, 1.807) is 22.4 Å². The molecule has 0 radical (unpaired) electrons. The van der Waals surface area contributed by atoms with E-state index >= 15 is 0 Å². The summed E-state index contributed by atoms with van der Waals surface area (Å²) in [7, 11) is 3.86. The second kappa shape index (κ2) is 11.7. The molecule has 2 aromatic heterocycles. The third-order valence-corrected chi connectivity index (χ3v) is 6.69. The van der Waals surface area contributed by atoms with Crippen molar-refractivity contribution in [3.8, 4) is 5.75 Å². The van der Waals surface area contributed by atoms with Crippen molar-refractivity contribution in [3.05, 3.63) is 69.3 Å². The van der Waals surface area contributed by atoms with Crippen LogP contribution in [0, 0.1) is 0 Å². The van der Waals surface area contributed by atoms with Gasteiger partial charge in [0.05, 0.1) is 5.02 Å². The fraction of sp³-hybridized carbons (Fsp3) is 0.348. The number of hydrogen-bond donors (Lipinski definition) is 1. The summed E-state index contributed by atoms with van der Waals surface area (Å²) < 4.78 is 6.27. The normalized spacial score (nSPS) is 14.3. The molecule has 0 spiro atoms. The average Bonchev–Trinajstić information content (AvgIpc) is 3.31. The highest BCUT2D eigenvalue weighted by molar-refractivity contribution is 7.59. The van der Waals surface area contributed by atoms with Crippen molar-refractivity contribution in [2.24, 2.45) is 0 Å². The van der Waals surface area contributed by atoms with Gasteiger partial charge in [0.15, 0.2) is 0 Å². The number of thiophene rings is 1. The van der Waals surface area contributed by atoms with Gasteiger partial charge in [0.25, 0.3) is 5.91 Å². The molecule has 4 rings (SSSR count). The van der Waals surface area contributed by atoms with E-state index in [1.807, 2.05) is 43.3 Å². The van der Waals surface area contributed by atoms with E-state index in [-0.39, 0.29) is 25.5 Å². The summed E-state index contributed by atoms with van der Waals surface area (Å²) in [6.07, 6.45) is 3.83. The van der Waals surface area contributed by atoms with Gasteiger partial charge >= 0.3 is 0 Å². The molecule has 1 amide bonds. The number of aromatic nitrogens is 2. The number of likely N-dealkylation sites (N-methyl/N-ethyl adjacent to an activating group) is 1. The molecule has 1 N–H and O–H groups in total. The molecule has 1 atom stereocenters. The molecule has 3 heterocycles. The highest BCUT2D eigenvalue weighted by Gasteiger charge is 2.26. The third-order valence-electron chi connectivity index (χ3n) is 5.43. The zero-order chi connectivity index (χ0) is 22.5. The highest BCUT2D eigenvalue weighted by Crippen LogP contribution is 2.33. The molecule has 3 aromatic rings. The zero-order valence-electron chi connectivity index (χ0n) is 18.6. The maximum absolute atomic E-state index is 13.1. The van der Waals surface area contributed by atoms with Crippen molar-refractivity contribution in [2.75, 3.05) is 38.6 Å². The number of hydrogen-bond acceptors (Lipinski definition) is 7. The van der Waals surface area contributed by atoms with E-state index < -0.39 is 0 Å². The molecule has 33 heavy (non-hydrogen) atoms. The zero-order valence-corrected chi connectivity index (χ0v) is 21.2. The first-order chi connectivity index (χ1) is 15.6. The summed E-state index contributed by atoms with van der Waals surface area (Å²) in [5, 5.41) is 5.77. The highest BCUT2D eigenvalue weighted by atomic mass is 35.5. The van der Waals surface area contributed by atoms with Gasteiger partial charge in [-0.15, -0.1) is 11.3 Å². The largest absolute Gasteiger partial charge is 0.483 e. The molecule has 0 fully saturated rings. The van der Waals surface area contributed by atoms with Crippen LogP contribution in [0.3, 0.4) is 0 Å². The standard InChI is InChI=1S/C23H26ClN5O2S.H2S/c1-25-8-7-20(21-4-3-11-32-21)31-19-6-5-16(12-18(19)24)14-29-10-9-28(2)22-17(23(29)30)13-26-15-27-22;/h3-6,11-13,15,20,25H,7-10,14H2,1-2H3;1H2/t20-;/m0./s1. The molecule has 1 aliphatic rings. The summed E-state index contributed by atoms with van der Waals surface area (Å²) in [5.41, 5.74) is 1.46. The lowest BCUT2D eigenvalue weighted by atomic mass is 10.1. The molecule has 0 bridgehead atoms. The van der Waals surface area contributed by atoms with Gasteiger partial charge in [-0.2, -0.15) is 13.5 Å². The molecule has 0 saturated carbocycles. The van der Waals surface area contributed by atoms with E-state index in [2.05, 4.69) is 26.7 Å². The van der Waals surface area contributed by atoms with E-state index in [0.717, 1.165) is 18.5 Å². The van der Waals surface area contributed by atoms with E-state index in [1.165, 1.54) is 11.2 Å². The number of rotatable bonds is 8. The van der Waals surface area contributed by atoms with Crippen molar-refractivity contribution < 1.29 is 9.53 Å². The molecule has 7 nitrogen and oxygen atoms in total. The van der Waals surface area contributed by atoms with E-state index in [9.17, 15) is 4.79 Å². The number of carbonyl (C=O) groups is 1. The Morgan fingerprint density at radius 3 is 2.88 bits per heavy atom. The minimum absolute atomic E-state index is 0. The van der Waals surface area contributed by atoms with Crippen LogP contribution in [-0.4, -0.2) is 54.5 Å². The van der Waals surface area contributed by atoms with Gasteiger partial charge in [-0.3, -0.25) is 4.79 Å². The van der Waals surface area contributed by atoms with Crippen molar-refractivity contribution in [1.29, 1.82) is 0 Å². The van der Waals surface area contributed by atoms with Gasteiger partial charge in [0.2, 0.25) is 0 Å². The second-order valence-electron chi connectivity index (χ2n) is 7.69. The topological polar surface area (TPSA) is 70.6 Å². The molecule has 1 aliphatic heterocycles. The van der Waals surface area contributed by atoms with Gasteiger partial charge in [0, 0.05) is 44.2 Å². The molecule has 1 aromatic carbocycles. The lowest BCUT2D eigenvalue weighted by molar-refractivity contribution is 0.0754. The number of benzene rings is 1. The van der Waals surface area contributed by atoms with Crippen LogP contribution >= 0.6 is 36.4 Å². The summed E-state index contributed by atoms with van der Waals surface area (Å²) >= 11 is 8.27. The first-order valence-electron chi connectivity index (χ1n) is 10.5. The summed E-state index contributed by atoms with van der Waals surface area (Å²) in [6, 6.07) is 9.85. The number of nitrogens with zero attached hydrogens (tertiary/aromatic N) is 4. The van der Waals surface area contributed by atoms with Crippen LogP contribution < -0.4 is 15.0 Å². The van der Waals surface area contributed by atoms with E-state index in [4.69, 9.17) is 16.3 Å². The Bertz CT molecular complexity index is 1070. The van der Waals surface area contributed by atoms with E-state index in [0.29, 0.717) is 41.8 Å². The number of carbonyl (C=O) groups excluding carboxylic acids is 1. The smallest absolute Gasteiger partial charge is 0.259 e. The average molecular weight is 506 g/mol. The fourth-order valence-electron chi connectivity index (χ4n) is 3.70. The predicted octanol–water partition coefficient (Wildman–Crippen LogP) is 4.13. The number of ether oxygens (including phenoxy) is 1. The first kappa shape index (κ1) is 25.3. The van der Waals surface area contributed by atoms with Gasteiger partial charge in [-0.05, 0) is 42.7 Å². The molecule has 10 heteroatoms. The minimum atomic E-state index is -0.0776. The molecule has 176 valence electrons. The number of nitrogens with one attached hydrogen (secondary N) is 1. The summed E-state index contributed by atoms with van der Waals surface area (Å²) in [6.45, 7) is 2.58. The van der Waals surface area contributed by atoms with Gasteiger partial charge in [0.1, 0.15) is 29.6 Å². The van der Waals surface area contributed by atoms with Gasteiger partial charge in [-0.1, -0.05) is 23.7 Å². The molecule has 0 unspecified atom stereocenters. The van der Waals surface area contributed by atoms with Crippen LogP contribution in [0.2, 0.25) is 5.02 Å². The first-order valence-corrected chi connectivity index (χ1v) is 11.8. The maximum Gasteiger partial charge on any atom is 0.259 e. The molecular formula is C23H28ClN5O2S2. The monoisotopic (exact) mass is 505 g/mol. The van der Waals surface area contributed by atoms with Crippen molar-refractivity contribution >= 4 is 48.2 Å². The molecule has 0 saturated heterocycles. The number of anilines is 1. The lowest BCUT2D eigenvalue weighted by Crippen LogP contribution is -2.33. The SMILES string of the molecule is CNCC[C@H](Oc1ccc(CN2CCN(C)c3ncncc3C2=O)cc1Cl)c1cccs1.S. The minimum Gasteiger partial charge on any atom is -0.483 e. The number of fused-ring (bicyclic) bond motifs is 1. The predicted molar refractivity (Wildman–Crippen MR) is 138 cm³/mol. The Morgan fingerprint density at radius 1 is 1.30 bits per heavy atom. The van der Waals surface area contributed by atoms with Crippen LogP contribution in [-0.2, 0) is 6.54 Å². The Morgan fingerprint density at radius 2 is 2.15 bits per heavy atom. The second-order valence-corrected chi connectivity index (χ2v) is 9.07. The number of halogens is 1. The number of amides is 1. The summed E-state index contributed by atoms with van der Waals surface area (Å²) in [5.74, 6) is 1.23. The van der Waals surface area contributed by atoms with Crippen LogP contribution in [0.1, 0.15) is 33.3 Å². The Kier molecular flexibility index (Phi) is 8.96. The Hall–Kier alpha value is -2.33. The quantitative estimate of drug-likeness (QED) is 0.496. The van der Waals surface area contributed by atoms with Gasteiger partial charge < -0.3 is 19.9 Å². The third kappa shape index (κ3) is 5.97. The maximum atomic E-state index is 13.1. The summed E-state index contributed by atoms with van der Waals surface area (Å²) in [4.78, 5) is 26.3. The van der Waals surface area contributed by atoms with Crippen molar-refractivity contribution in [3.63, 3.8) is 0 Å². The Balaban J connectivity index is 0.00000306. The van der Waals surface area contributed by atoms with Crippen LogP contribution in [0.4, 0.5) is 5.82 Å². The fourth-order valence-corrected chi connectivity index (χ4v) is 4.74. The van der Waals surface area contributed by atoms with Crippen LogP contribution in [0.25, 0.3) is 0 Å². The van der Waals surface area contributed by atoms with Crippen molar-refractivity contribution in [1.82, 2.24) is 20.2 Å². The van der Waals surface area contributed by atoms with Crippen molar-refractivity contribution in [2.45, 2.75) is 19.1 Å². The molecule has 0 aliphatic carbocycles. The Labute approximate surface area is 210 Å². The molecular weight excluding hydrogens is 478 g/mol. The lowest BCUT2D eigenvalue weighted by Gasteiger charge is -2.22.